The Morgan fingerprint density at radius 3 is 2.81 bits per heavy atom. The molecule has 0 aliphatic heterocycles. The highest BCUT2D eigenvalue weighted by Crippen LogP contribution is 2.25. The first kappa shape index (κ1) is 14.0. The molecule has 3 aromatic rings. The summed E-state index contributed by atoms with van der Waals surface area (Å²) >= 11 is 3.19. The number of thioether (sulfide) groups is 1. The molecule has 1 aromatic carbocycles. The second-order valence-corrected chi connectivity index (χ2v) is 6.52. The molecule has 0 amide bonds. The van der Waals surface area contributed by atoms with Crippen molar-refractivity contribution in [2.75, 3.05) is 11.1 Å². The summed E-state index contributed by atoms with van der Waals surface area (Å²) in [5, 5.41) is 20.1. The number of nitrogens with zero attached hydrogens (tertiary/aromatic N) is 4. The zero-order chi connectivity index (χ0) is 14.5. The van der Waals surface area contributed by atoms with E-state index in [9.17, 15) is 0 Å². The summed E-state index contributed by atoms with van der Waals surface area (Å²) < 4.78 is 6.57. The third kappa shape index (κ3) is 3.59. The minimum atomic E-state index is 0.436. The van der Waals surface area contributed by atoms with Gasteiger partial charge >= 0.3 is 0 Å². The van der Waals surface area contributed by atoms with Crippen molar-refractivity contribution in [1.82, 2.24) is 20.4 Å². The third-order valence-corrected chi connectivity index (χ3v) is 4.45. The standard InChI is InChI=1S/C13H13N5OS2/c1-2-20-13-18-17-12(21-13)14-8-10-15-16-11(19-10)9-6-4-3-5-7-9/h3-7H,2,8H2,1H3,(H,14,17). The third-order valence-electron chi connectivity index (χ3n) is 2.55. The van der Waals surface area contributed by atoms with Gasteiger partial charge in [0, 0.05) is 5.56 Å². The summed E-state index contributed by atoms with van der Waals surface area (Å²) in [6.07, 6.45) is 0. The highest BCUT2D eigenvalue weighted by molar-refractivity contribution is 8.01. The van der Waals surface area contributed by atoms with Gasteiger partial charge in [-0.3, -0.25) is 0 Å². The lowest BCUT2D eigenvalue weighted by atomic mass is 10.2. The lowest BCUT2D eigenvalue weighted by Gasteiger charge is -1.96. The minimum absolute atomic E-state index is 0.436. The normalized spacial score (nSPS) is 10.7. The Labute approximate surface area is 130 Å². The monoisotopic (exact) mass is 319 g/mol. The van der Waals surface area contributed by atoms with Gasteiger partial charge in [-0.1, -0.05) is 48.2 Å². The van der Waals surface area contributed by atoms with Crippen LogP contribution in [-0.2, 0) is 6.54 Å². The van der Waals surface area contributed by atoms with Crippen molar-refractivity contribution in [3.63, 3.8) is 0 Å². The number of rotatable bonds is 6. The average Bonchev–Trinajstić information content (AvgIpc) is 3.16. The Morgan fingerprint density at radius 1 is 1.14 bits per heavy atom. The first-order valence-corrected chi connectivity index (χ1v) is 8.23. The summed E-state index contributed by atoms with van der Waals surface area (Å²) in [7, 11) is 0. The van der Waals surface area contributed by atoms with Gasteiger partial charge in [-0.2, -0.15) is 0 Å². The van der Waals surface area contributed by atoms with Crippen molar-refractivity contribution in [2.45, 2.75) is 17.8 Å². The van der Waals surface area contributed by atoms with E-state index in [2.05, 4.69) is 32.6 Å². The van der Waals surface area contributed by atoms with E-state index in [0.717, 1.165) is 20.8 Å². The molecule has 0 fully saturated rings. The van der Waals surface area contributed by atoms with E-state index in [4.69, 9.17) is 4.42 Å². The number of hydrogen-bond acceptors (Lipinski definition) is 8. The number of hydrogen-bond donors (Lipinski definition) is 1. The fourth-order valence-corrected chi connectivity index (χ4v) is 3.28. The molecule has 3 rings (SSSR count). The molecule has 2 aromatic heterocycles. The second-order valence-electron chi connectivity index (χ2n) is 4.03. The van der Waals surface area contributed by atoms with Gasteiger partial charge in [0.15, 0.2) is 4.34 Å². The van der Waals surface area contributed by atoms with Gasteiger partial charge in [0.2, 0.25) is 16.9 Å². The summed E-state index contributed by atoms with van der Waals surface area (Å²) in [5.41, 5.74) is 0.911. The molecule has 0 unspecified atom stereocenters. The van der Waals surface area contributed by atoms with Crippen LogP contribution in [0.1, 0.15) is 12.8 Å². The van der Waals surface area contributed by atoms with Crippen LogP contribution < -0.4 is 5.32 Å². The van der Waals surface area contributed by atoms with E-state index in [1.807, 2.05) is 30.3 Å². The van der Waals surface area contributed by atoms with E-state index < -0.39 is 0 Å². The molecule has 8 heteroatoms. The van der Waals surface area contributed by atoms with Gasteiger partial charge < -0.3 is 9.73 Å². The molecule has 0 saturated carbocycles. The predicted octanol–water partition coefficient (Wildman–Crippen LogP) is 3.31. The topological polar surface area (TPSA) is 76.7 Å². The molecular weight excluding hydrogens is 306 g/mol. The summed E-state index contributed by atoms with van der Waals surface area (Å²) in [6, 6.07) is 9.69. The molecule has 0 atom stereocenters. The van der Waals surface area contributed by atoms with Crippen LogP contribution in [0.3, 0.4) is 0 Å². The first-order chi connectivity index (χ1) is 10.3. The number of benzene rings is 1. The Morgan fingerprint density at radius 2 is 2.00 bits per heavy atom. The molecule has 0 spiro atoms. The van der Waals surface area contributed by atoms with Gasteiger partial charge in [-0.25, -0.2) is 0 Å². The van der Waals surface area contributed by atoms with Crippen LogP contribution in [-0.4, -0.2) is 26.1 Å². The maximum absolute atomic E-state index is 5.61. The molecule has 108 valence electrons. The molecule has 0 saturated heterocycles. The smallest absolute Gasteiger partial charge is 0.247 e. The maximum Gasteiger partial charge on any atom is 0.247 e. The van der Waals surface area contributed by atoms with Crippen molar-refractivity contribution < 1.29 is 4.42 Å². The lowest BCUT2D eigenvalue weighted by molar-refractivity contribution is 0.515. The van der Waals surface area contributed by atoms with Crippen LogP contribution in [0.4, 0.5) is 5.13 Å². The van der Waals surface area contributed by atoms with Crippen LogP contribution >= 0.6 is 23.1 Å². The molecule has 6 nitrogen and oxygen atoms in total. The van der Waals surface area contributed by atoms with Crippen molar-refractivity contribution >= 4 is 28.2 Å². The Bertz CT molecular complexity index is 697. The highest BCUT2D eigenvalue weighted by Gasteiger charge is 2.09. The average molecular weight is 319 g/mol. The fraction of sp³-hybridized carbons (Fsp3) is 0.231. The van der Waals surface area contributed by atoms with Crippen molar-refractivity contribution in [3.05, 3.63) is 36.2 Å². The first-order valence-electron chi connectivity index (χ1n) is 6.43. The predicted molar refractivity (Wildman–Crippen MR) is 83.4 cm³/mol. The molecule has 21 heavy (non-hydrogen) atoms. The van der Waals surface area contributed by atoms with E-state index in [0.29, 0.717) is 18.3 Å². The molecule has 0 aliphatic rings. The molecule has 0 radical (unpaired) electrons. The molecule has 0 aliphatic carbocycles. The maximum atomic E-state index is 5.61. The number of aromatic nitrogens is 4. The zero-order valence-electron chi connectivity index (χ0n) is 11.3. The van der Waals surface area contributed by atoms with E-state index in [1.165, 1.54) is 11.3 Å². The van der Waals surface area contributed by atoms with Crippen molar-refractivity contribution in [3.8, 4) is 11.5 Å². The van der Waals surface area contributed by atoms with E-state index >= 15 is 0 Å². The van der Waals surface area contributed by atoms with Crippen molar-refractivity contribution in [1.29, 1.82) is 0 Å². The van der Waals surface area contributed by atoms with Gasteiger partial charge in [0.05, 0.1) is 6.54 Å². The quantitative estimate of drug-likeness (QED) is 0.698. The Balaban J connectivity index is 1.62. The fourth-order valence-electron chi connectivity index (χ4n) is 1.64. The van der Waals surface area contributed by atoms with Crippen LogP contribution in [0, 0.1) is 0 Å². The second kappa shape index (κ2) is 6.68. The van der Waals surface area contributed by atoms with Gasteiger partial charge in [0.1, 0.15) is 0 Å². The highest BCUT2D eigenvalue weighted by atomic mass is 32.2. The summed E-state index contributed by atoms with van der Waals surface area (Å²) in [5.74, 6) is 2.03. The van der Waals surface area contributed by atoms with Gasteiger partial charge in [-0.15, -0.1) is 20.4 Å². The lowest BCUT2D eigenvalue weighted by Crippen LogP contribution is -1.99. The molecule has 0 bridgehead atoms. The molecular formula is C13H13N5OS2. The molecule has 1 N–H and O–H groups in total. The van der Waals surface area contributed by atoms with E-state index in [-0.39, 0.29) is 0 Å². The Hall–Kier alpha value is -1.93. The number of nitrogens with one attached hydrogen (secondary N) is 1. The van der Waals surface area contributed by atoms with E-state index in [1.54, 1.807) is 11.8 Å². The summed E-state index contributed by atoms with van der Waals surface area (Å²) in [4.78, 5) is 0. The van der Waals surface area contributed by atoms with Crippen molar-refractivity contribution in [2.24, 2.45) is 0 Å². The number of anilines is 1. The van der Waals surface area contributed by atoms with Crippen LogP contribution in [0.5, 0.6) is 0 Å². The van der Waals surface area contributed by atoms with Crippen LogP contribution in [0.15, 0.2) is 39.1 Å². The van der Waals surface area contributed by atoms with Gasteiger partial charge in [0.25, 0.3) is 0 Å². The zero-order valence-corrected chi connectivity index (χ0v) is 12.9. The largest absolute Gasteiger partial charge is 0.419 e. The summed E-state index contributed by atoms with van der Waals surface area (Å²) in [6.45, 7) is 2.52. The van der Waals surface area contributed by atoms with Crippen LogP contribution in [0.2, 0.25) is 0 Å². The molecule has 2 heterocycles. The Kier molecular flexibility index (Phi) is 4.46. The minimum Gasteiger partial charge on any atom is -0.419 e. The van der Waals surface area contributed by atoms with Crippen LogP contribution in [0.25, 0.3) is 11.5 Å². The van der Waals surface area contributed by atoms with Gasteiger partial charge in [-0.05, 0) is 17.9 Å². The SMILES string of the molecule is CCSc1nnc(NCc2nnc(-c3ccccc3)o2)s1.